The van der Waals surface area contributed by atoms with E-state index in [1.54, 1.807) is 19.2 Å². The van der Waals surface area contributed by atoms with E-state index >= 15 is 0 Å². The van der Waals surface area contributed by atoms with Crippen molar-refractivity contribution in [1.29, 1.82) is 0 Å². The third kappa shape index (κ3) is 4.58. The second kappa shape index (κ2) is 9.93. The van der Waals surface area contributed by atoms with Crippen LogP contribution < -0.4 is 10.1 Å². The number of amides is 1. The van der Waals surface area contributed by atoms with Crippen LogP contribution in [0.1, 0.15) is 5.56 Å². The van der Waals surface area contributed by atoms with Gasteiger partial charge in [0, 0.05) is 11.9 Å². The number of rotatable bonds is 8. The average Bonchev–Trinajstić information content (AvgIpc) is 3.20. The van der Waals surface area contributed by atoms with Gasteiger partial charge in [0.1, 0.15) is 11.3 Å². The van der Waals surface area contributed by atoms with E-state index in [0.717, 1.165) is 35.0 Å². The minimum absolute atomic E-state index is 0.162. The Morgan fingerprint density at radius 1 is 0.971 bits per heavy atom. The molecule has 1 amide bonds. The van der Waals surface area contributed by atoms with E-state index in [1.807, 2.05) is 36.4 Å². The van der Waals surface area contributed by atoms with Crippen molar-refractivity contribution in [1.82, 2.24) is 19.7 Å². The SMILES string of the molecule is COc1ccccc1NC(=O)CSc1nnc2c3ccccc3n(CCc3ccccc3)c2n1. The molecule has 0 spiro atoms. The van der Waals surface area contributed by atoms with Gasteiger partial charge in [0.15, 0.2) is 5.65 Å². The molecule has 0 unspecified atom stereocenters. The molecule has 3 aromatic carbocycles. The van der Waals surface area contributed by atoms with Crippen LogP contribution in [0.2, 0.25) is 0 Å². The van der Waals surface area contributed by atoms with Gasteiger partial charge in [-0.1, -0.05) is 72.4 Å². The Hall–Kier alpha value is -3.91. The van der Waals surface area contributed by atoms with E-state index in [0.29, 0.717) is 16.6 Å². The van der Waals surface area contributed by atoms with Gasteiger partial charge in [-0.25, -0.2) is 4.98 Å². The fourth-order valence-electron chi connectivity index (χ4n) is 3.93. The summed E-state index contributed by atoms with van der Waals surface area (Å²) in [5.41, 5.74) is 4.52. The number of thioether (sulfide) groups is 1. The molecule has 5 rings (SSSR count). The molecular weight excluding hydrogens is 446 g/mol. The summed E-state index contributed by atoms with van der Waals surface area (Å²) in [7, 11) is 1.57. The zero-order valence-corrected chi connectivity index (χ0v) is 19.5. The maximum Gasteiger partial charge on any atom is 0.234 e. The first kappa shape index (κ1) is 21.9. The molecule has 2 heterocycles. The van der Waals surface area contributed by atoms with Crippen LogP contribution in [-0.2, 0) is 17.8 Å². The molecule has 0 aliphatic heterocycles. The van der Waals surface area contributed by atoms with Crippen LogP contribution in [0, 0.1) is 0 Å². The van der Waals surface area contributed by atoms with Crippen molar-refractivity contribution in [2.24, 2.45) is 0 Å². The van der Waals surface area contributed by atoms with Gasteiger partial charge in [0.2, 0.25) is 11.1 Å². The summed E-state index contributed by atoms with van der Waals surface area (Å²) < 4.78 is 7.48. The average molecular weight is 470 g/mol. The molecule has 0 aliphatic carbocycles. The topological polar surface area (TPSA) is 81.9 Å². The first-order chi connectivity index (χ1) is 16.7. The van der Waals surface area contributed by atoms with Crippen LogP contribution in [0.25, 0.3) is 22.1 Å². The fourth-order valence-corrected chi connectivity index (χ4v) is 4.51. The van der Waals surface area contributed by atoms with Crippen LogP contribution in [0.5, 0.6) is 5.75 Å². The van der Waals surface area contributed by atoms with Gasteiger partial charge in [-0.05, 0) is 30.2 Å². The minimum atomic E-state index is -0.164. The van der Waals surface area contributed by atoms with E-state index in [9.17, 15) is 4.79 Å². The molecule has 0 aliphatic rings. The van der Waals surface area contributed by atoms with E-state index in [2.05, 4.69) is 50.4 Å². The summed E-state index contributed by atoms with van der Waals surface area (Å²) in [5, 5.41) is 13.1. The monoisotopic (exact) mass is 469 g/mol. The van der Waals surface area contributed by atoms with E-state index in [4.69, 9.17) is 9.72 Å². The summed E-state index contributed by atoms with van der Waals surface area (Å²) in [6.45, 7) is 0.769. The highest BCUT2D eigenvalue weighted by molar-refractivity contribution is 7.99. The lowest BCUT2D eigenvalue weighted by atomic mass is 10.1. The number of methoxy groups -OCH3 is 1. The van der Waals surface area contributed by atoms with Crippen LogP contribution >= 0.6 is 11.8 Å². The molecule has 0 bridgehead atoms. The quantitative estimate of drug-likeness (QED) is 0.324. The number of benzene rings is 3. The third-order valence-electron chi connectivity index (χ3n) is 5.53. The van der Waals surface area contributed by atoms with Crippen LogP contribution in [0.3, 0.4) is 0 Å². The van der Waals surface area contributed by atoms with Crippen LogP contribution in [0.4, 0.5) is 5.69 Å². The van der Waals surface area contributed by atoms with Crippen LogP contribution in [-0.4, -0.2) is 38.5 Å². The van der Waals surface area contributed by atoms with Gasteiger partial charge >= 0.3 is 0 Å². The lowest BCUT2D eigenvalue weighted by molar-refractivity contribution is -0.113. The molecule has 8 heteroatoms. The predicted molar refractivity (Wildman–Crippen MR) is 135 cm³/mol. The lowest BCUT2D eigenvalue weighted by Crippen LogP contribution is -2.15. The molecule has 34 heavy (non-hydrogen) atoms. The van der Waals surface area contributed by atoms with Crippen molar-refractivity contribution in [2.45, 2.75) is 18.1 Å². The molecule has 0 saturated carbocycles. The second-order valence-corrected chi connectivity index (χ2v) is 8.65. The predicted octanol–water partition coefficient (Wildman–Crippen LogP) is 4.96. The smallest absolute Gasteiger partial charge is 0.234 e. The van der Waals surface area contributed by atoms with Gasteiger partial charge in [-0.3, -0.25) is 4.79 Å². The number of para-hydroxylation sites is 3. The minimum Gasteiger partial charge on any atom is -0.495 e. The first-order valence-corrected chi connectivity index (χ1v) is 11.9. The zero-order valence-electron chi connectivity index (χ0n) is 18.6. The first-order valence-electron chi connectivity index (χ1n) is 10.9. The summed E-state index contributed by atoms with van der Waals surface area (Å²) in [6, 6.07) is 25.8. The molecule has 0 saturated heterocycles. The number of fused-ring (bicyclic) bond motifs is 3. The Labute approximate surface area is 201 Å². The number of hydrogen-bond donors (Lipinski definition) is 1. The summed E-state index contributed by atoms with van der Waals surface area (Å²) in [6.07, 6.45) is 0.877. The maximum absolute atomic E-state index is 12.5. The van der Waals surface area contributed by atoms with Crippen molar-refractivity contribution >= 4 is 45.4 Å². The number of aryl methyl sites for hydroxylation is 2. The highest BCUT2D eigenvalue weighted by Gasteiger charge is 2.16. The maximum atomic E-state index is 12.5. The van der Waals surface area contributed by atoms with E-state index < -0.39 is 0 Å². The molecule has 170 valence electrons. The molecule has 2 aromatic heterocycles. The van der Waals surface area contributed by atoms with Crippen molar-refractivity contribution in [2.75, 3.05) is 18.2 Å². The number of anilines is 1. The molecule has 5 aromatic rings. The number of hydrogen-bond acceptors (Lipinski definition) is 6. The van der Waals surface area contributed by atoms with E-state index in [1.165, 1.54) is 17.3 Å². The number of carbonyl (C=O) groups is 1. The number of carbonyl (C=O) groups excluding carboxylic acids is 1. The van der Waals surface area contributed by atoms with Crippen LogP contribution in [0.15, 0.2) is 84.0 Å². The highest BCUT2D eigenvalue weighted by atomic mass is 32.2. The molecule has 0 radical (unpaired) electrons. The molecular formula is C26H23N5O2S. The zero-order chi connectivity index (χ0) is 23.3. The Morgan fingerprint density at radius 3 is 2.59 bits per heavy atom. The van der Waals surface area contributed by atoms with Gasteiger partial charge in [-0.15, -0.1) is 10.2 Å². The second-order valence-electron chi connectivity index (χ2n) is 7.71. The standard InChI is InChI=1S/C26H23N5O2S/c1-33-22-14-8-6-12-20(22)27-23(32)17-34-26-28-25-24(29-30-26)19-11-5-7-13-21(19)31(25)16-15-18-9-3-2-4-10-18/h2-14H,15-17H2,1H3,(H,27,32). The number of ether oxygens (including phenoxy) is 1. The van der Waals surface area contributed by atoms with Crippen molar-refractivity contribution in [3.63, 3.8) is 0 Å². The molecule has 7 nitrogen and oxygen atoms in total. The summed E-state index contributed by atoms with van der Waals surface area (Å²) in [4.78, 5) is 17.3. The number of nitrogens with one attached hydrogen (secondary N) is 1. The van der Waals surface area contributed by atoms with Gasteiger partial charge in [-0.2, -0.15) is 0 Å². The molecule has 1 N–H and O–H groups in total. The normalized spacial score (nSPS) is 11.1. The molecule has 0 atom stereocenters. The van der Waals surface area contributed by atoms with Crippen molar-refractivity contribution in [3.8, 4) is 5.75 Å². The third-order valence-corrected chi connectivity index (χ3v) is 6.37. The Balaban J connectivity index is 1.37. The van der Waals surface area contributed by atoms with Gasteiger partial charge in [0.05, 0.1) is 24.1 Å². The van der Waals surface area contributed by atoms with Crippen molar-refractivity contribution in [3.05, 3.63) is 84.4 Å². The Kier molecular flexibility index (Phi) is 6.40. The largest absolute Gasteiger partial charge is 0.495 e. The Morgan fingerprint density at radius 2 is 1.74 bits per heavy atom. The van der Waals surface area contributed by atoms with Gasteiger partial charge < -0.3 is 14.6 Å². The summed E-state index contributed by atoms with van der Waals surface area (Å²) in [5.74, 6) is 0.612. The van der Waals surface area contributed by atoms with Gasteiger partial charge in [0.25, 0.3) is 0 Å². The number of aromatic nitrogens is 4. The van der Waals surface area contributed by atoms with E-state index in [-0.39, 0.29) is 11.7 Å². The Bertz CT molecular complexity index is 1450. The fraction of sp³-hybridized carbons (Fsp3) is 0.154. The summed E-state index contributed by atoms with van der Waals surface area (Å²) >= 11 is 1.26. The molecule has 0 fully saturated rings. The number of nitrogens with zero attached hydrogens (tertiary/aromatic N) is 4. The highest BCUT2D eigenvalue weighted by Crippen LogP contribution is 2.28. The van der Waals surface area contributed by atoms with Crippen molar-refractivity contribution < 1.29 is 9.53 Å². The lowest BCUT2D eigenvalue weighted by Gasteiger charge is -2.09.